The molecule has 3 N–H and O–H groups in total. The Morgan fingerprint density at radius 2 is 1.91 bits per heavy atom. The van der Waals surface area contributed by atoms with E-state index < -0.39 is 6.04 Å². The molecule has 1 fully saturated rings. The zero-order valence-electron chi connectivity index (χ0n) is 13.0. The lowest BCUT2D eigenvalue weighted by atomic mass is 9.95. The first-order chi connectivity index (χ1) is 11.2. The molecular formula is C18H22N2O2S. The van der Waals surface area contributed by atoms with Gasteiger partial charge in [-0.05, 0) is 36.4 Å². The number of phenols is 1. The molecule has 0 spiro atoms. The lowest BCUT2D eigenvalue weighted by Crippen LogP contribution is -2.41. The average molecular weight is 330 g/mol. The minimum Gasteiger partial charge on any atom is -0.506 e. The molecule has 1 heterocycles. The van der Waals surface area contributed by atoms with E-state index in [9.17, 15) is 9.90 Å². The lowest BCUT2D eigenvalue weighted by molar-refractivity contribution is -0.122. The monoisotopic (exact) mass is 330 g/mol. The number of carbonyl (C=O) groups excluding carboxylic acids is 1. The molecule has 1 aliphatic rings. The van der Waals surface area contributed by atoms with Gasteiger partial charge in [-0.2, -0.15) is 0 Å². The summed E-state index contributed by atoms with van der Waals surface area (Å²) >= 11 is 1.54. The molecule has 3 rings (SSSR count). The van der Waals surface area contributed by atoms with Crippen LogP contribution in [-0.2, 0) is 4.79 Å². The van der Waals surface area contributed by atoms with Crippen molar-refractivity contribution in [2.24, 2.45) is 0 Å². The van der Waals surface area contributed by atoms with Crippen LogP contribution in [0.3, 0.4) is 0 Å². The number of rotatable bonds is 5. The van der Waals surface area contributed by atoms with Gasteiger partial charge in [0.1, 0.15) is 11.8 Å². The first-order valence-electron chi connectivity index (χ1n) is 8.12. The average Bonchev–Trinajstić information content (AvgIpc) is 3.09. The van der Waals surface area contributed by atoms with Crippen LogP contribution in [-0.4, -0.2) is 17.1 Å². The zero-order chi connectivity index (χ0) is 16.1. The van der Waals surface area contributed by atoms with Crippen LogP contribution in [0.2, 0.25) is 0 Å². The van der Waals surface area contributed by atoms with E-state index in [0.29, 0.717) is 5.69 Å². The van der Waals surface area contributed by atoms with Crippen LogP contribution in [0.4, 0.5) is 5.69 Å². The fraction of sp³-hybridized carbons (Fsp3) is 0.389. The Labute approximate surface area is 140 Å². The topological polar surface area (TPSA) is 61.4 Å². The highest BCUT2D eigenvalue weighted by Crippen LogP contribution is 2.29. The molecule has 1 aromatic heterocycles. The summed E-state index contributed by atoms with van der Waals surface area (Å²) < 4.78 is 0. The SMILES string of the molecule is O=C(NC1CCCCC1)C(Nc1ccccc1O)c1cccs1. The second kappa shape index (κ2) is 7.51. The van der Waals surface area contributed by atoms with Gasteiger partial charge in [-0.1, -0.05) is 37.5 Å². The first kappa shape index (κ1) is 15.9. The maximum Gasteiger partial charge on any atom is 0.248 e. The number of carbonyl (C=O) groups is 1. The van der Waals surface area contributed by atoms with Crippen molar-refractivity contribution in [2.45, 2.75) is 44.2 Å². The molecule has 23 heavy (non-hydrogen) atoms. The number of benzene rings is 1. The third-order valence-corrected chi connectivity index (χ3v) is 5.18. The standard InChI is InChI=1S/C18H22N2O2S/c21-15-10-5-4-9-14(15)20-17(16-11-6-12-23-16)18(22)19-13-7-2-1-3-8-13/h4-6,9-13,17,20-21H,1-3,7-8H2,(H,19,22). The van der Waals surface area contributed by atoms with Crippen molar-refractivity contribution < 1.29 is 9.90 Å². The highest BCUT2D eigenvalue weighted by molar-refractivity contribution is 7.10. The van der Waals surface area contributed by atoms with Gasteiger partial charge in [-0.25, -0.2) is 0 Å². The molecule has 0 radical (unpaired) electrons. The van der Waals surface area contributed by atoms with Gasteiger partial charge in [-0.3, -0.25) is 4.79 Å². The second-order valence-electron chi connectivity index (χ2n) is 5.95. The summed E-state index contributed by atoms with van der Waals surface area (Å²) in [5.41, 5.74) is 0.574. The fourth-order valence-corrected chi connectivity index (χ4v) is 3.78. The van der Waals surface area contributed by atoms with E-state index in [2.05, 4.69) is 10.6 Å². The van der Waals surface area contributed by atoms with Gasteiger partial charge in [0.2, 0.25) is 5.91 Å². The Balaban J connectivity index is 1.75. The molecule has 0 bridgehead atoms. The summed E-state index contributed by atoms with van der Waals surface area (Å²) in [5.74, 6) is 0.127. The van der Waals surface area contributed by atoms with E-state index in [4.69, 9.17) is 0 Å². The molecule has 5 heteroatoms. The predicted molar refractivity (Wildman–Crippen MR) is 93.8 cm³/mol. The van der Waals surface area contributed by atoms with Crippen molar-refractivity contribution >= 4 is 22.9 Å². The summed E-state index contributed by atoms with van der Waals surface area (Å²) in [7, 11) is 0. The van der Waals surface area contributed by atoms with E-state index in [0.717, 1.165) is 17.7 Å². The lowest BCUT2D eigenvalue weighted by Gasteiger charge is -2.26. The van der Waals surface area contributed by atoms with Gasteiger partial charge in [0, 0.05) is 10.9 Å². The maximum absolute atomic E-state index is 12.8. The van der Waals surface area contributed by atoms with Gasteiger partial charge in [0.15, 0.2) is 0 Å². The second-order valence-corrected chi connectivity index (χ2v) is 6.93. The Morgan fingerprint density at radius 3 is 2.61 bits per heavy atom. The van der Waals surface area contributed by atoms with Crippen molar-refractivity contribution in [1.29, 1.82) is 0 Å². The molecule has 122 valence electrons. The third-order valence-electron chi connectivity index (χ3n) is 4.25. The third kappa shape index (κ3) is 4.05. The van der Waals surface area contributed by atoms with Crippen LogP contribution in [0.25, 0.3) is 0 Å². The van der Waals surface area contributed by atoms with E-state index in [1.807, 2.05) is 23.6 Å². The van der Waals surface area contributed by atoms with Gasteiger partial charge in [0.25, 0.3) is 0 Å². The van der Waals surface area contributed by atoms with E-state index >= 15 is 0 Å². The number of thiophene rings is 1. The number of aromatic hydroxyl groups is 1. The smallest absolute Gasteiger partial charge is 0.248 e. The van der Waals surface area contributed by atoms with E-state index in [1.165, 1.54) is 19.3 Å². The minimum atomic E-state index is -0.481. The number of nitrogens with one attached hydrogen (secondary N) is 2. The molecule has 1 amide bonds. The largest absolute Gasteiger partial charge is 0.506 e. The Kier molecular flexibility index (Phi) is 5.18. The van der Waals surface area contributed by atoms with Crippen molar-refractivity contribution in [1.82, 2.24) is 5.32 Å². The van der Waals surface area contributed by atoms with Gasteiger partial charge >= 0.3 is 0 Å². The molecule has 1 atom stereocenters. The van der Waals surface area contributed by atoms with Gasteiger partial charge < -0.3 is 15.7 Å². The fourth-order valence-electron chi connectivity index (χ4n) is 3.00. The van der Waals surface area contributed by atoms with Crippen LogP contribution in [0.1, 0.15) is 43.0 Å². The molecule has 1 aliphatic carbocycles. The molecule has 2 aromatic rings. The number of phenolic OH excluding ortho intramolecular Hbond substituents is 1. The molecule has 1 unspecified atom stereocenters. The number of hydrogen-bond acceptors (Lipinski definition) is 4. The predicted octanol–water partition coefficient (Wildman–Crippen LogP) is 4.06. The number of amides is 1. The van der Waals surface area contributed by atoms with Crippen molar-refractivity contribution in [3.63, 3.8) is 0 Å². The molecular weight excluding hydrogens is 308 g/mol. The summed E-state index contributed by atoms with van der Waals surface area (Å²) in [4.78, 5) is 13.7. The normalized spacial score (nSPS) is 16.7. The van der Waals surface area contributed by atoms with Gasteiger partial charge in [-0.15, -0.1) is 11.3 Å². The highest BCUT2D eigenvalue weighted by atomic mass is 32.1. The Bertz CT molecular complexity index is 636. The first-order valence-corrected chi connectivity index (χ1v) is 9.00. The number of hydrogen-bond donors (Lipinski definition) is 3. The Hall–Kier alpha value is -2.01. The van der Waals surface area contributed by atoms with E-state index in [1.54, 1.807) is 29.5 Å². The number of anilines is 1. The molecule has 0 saturated heterocycles. The summed E-state index contributed by atoms with van der Waals surface area (Å²) in [6, 6.07) is 10.7. The van der Waals surface area contributed by atoms with Crippen LogP contribution in [0, 0.1) is 0 Å². The van der Waals surface area contributed by atoms with Gasteiger partial charge in [0.05, 0.1) is 5.69 Å². The van der Waals surface area contributed by atoms with Crippen molar-refractivity contribution in [3.05, 3.63) is 46.7 Å². The molecule has 0 aliphatic heterocycles. The quantitative estimate of drug-likeness (QED) is 0.725. The summed E-state index contributed by atoms with van der Waals surface area (Å²) in [6.07, 6.45) is 5.73. The van der Waals surface area contributed by atoms with E-state index in [-0.39, 0.29) is 17.7 Å². The molecule has 1 aromatic carbocycles. The zero-order valence-corrected chi connectivity index (χ0v) is 13.8. The van der Waals surface area contributed by atoms with Crippen molar-refractivity contribution in [3.8, 4) is 5.75 Å². The number of para-hydroxylation sites is 2. The molecule has 1 saturated carbocycles. The minimum absolute atomic E-state index is 0.0254. The van der Waals surface area contributed by atoms with Crippen molar-refractivity contribution in [2.75, 3.05) is 5.32 Å². The highest BCUT2D eigenvalue weighted by Gasteiger charge is 2.25. The molecule has 4 nitrogen and oxygen atoms in total. The van der Waals surface area contributed by atoms with Crippen LogP contribution < -0.4 is 10.6 Å². The van der Waals surface area contributed by atoms with Crippen LogP contribution >= 0.6 is 11.3 Å². The summed E-state index contributed by atoms with van der Waals surface area (Å²) in [6.45, 7) is 0. The summed E-state index contributed by atoms with van der Waals surface area (Å²) in [5, 5.41) is 18.3. The Morgan fingerprint density at radius 1 is 1.13 bits per heavy atom. The van der Waals surface area contributed by atoms with Crippen LogP contribution in [0.5, 0.6) is 5.75 Å². The van der Waals surface area contributed by atoms with Crippen LogP contribution in [0.15, 0.2) is 41.8 Å². The maximum atomic E-state index is 12.8.